The fraction of sp³-hybridized carbons (Fsp3) is 0.667. The molecule has 0 spiro atoms. The lowest BCUT2D eigenvalue weighted by Gasteiger charge is -2.40. The van der Waals surface area contributed by atoms with Crippen molar-refractivity contribution in [2.24, 2.45) is 11.3 Å². The summed E-state index contributed by atoms with van der Waals surface area (Å²) in [7, 11) is 3.36. The smallest absolute Gasteiger partial charge is 0.162 e. The van der Waals surface area contributed by atoms with Gasteiger partial charge < -0.3 is 14.8 Å². The molecule has 1 fully saturated rings. The van der Waals surface area contributed by atoms with Crippen LogP contribution in [0.15, 0.2) is 12.1 Å². The number of rotatable bonds is 4. The van der Waals surface area contributed by atoms with E-state index in [9.17, 15) is 0 Å². The van der Waals surface area contributed by atoms with E-state index in [4.69, 9.17) is 9.47 Å². The van der Waals surface area contributed by atoms with Crippen molar-refractivity contribution in [1.29, 1.82) is 0 Å². The topological polar surface area (TPSA) is 30.5 Å². The summed E-state index contributed by atoms with van der Waals surface area (Å²) in [5, 5.41) is 3.73. The maximum Gasteiger partial charge on any atom is 0.162 e. The Morgan fingerprint density at radius 3 is 2.29 bits per heavy atom. The van der Waals surface area contributed by atoms with E-state index < -0.39 is 0 Å². The number of benzene rings is 1. The van der Waals surface area contributed by atoms with Crippen LogP contribution in [-0.4, -0.2) is 20.3 Å². The lowest BCUT2D eigenvalue weighted by Crippen LogP contribution is -2.35. The second kappa shape index (κ2) is 6.17. The Morgan fingerprint density at radius 1 is 1.10 bits per heavy atom. The van der Waals surface area contributed by atoms with Gasteiger partial charge in [-0.2, -0.15) is 0 Å². The van der Waals surface area contributed by atoms with Gasteiger partial charge in [0, 0.05) is 17.8 Å². The largest absolute Gasteiger partial charge is 0.493 e. The quantitative estimate of drug-likeness (QED) is 0.876. The van der Waals surface area contributed by atoms with E-state index in [1.54, 1.807) is 14.2 Å². The van der Waals surface area contributed by atoms with Crippen LogP contribution in [0.2, 0.25) is 0 Å². The number of aryl methyl sites for hydroxylation is 1. The van der Waals surface area contributed by atoms with Crippen molar-refractivity contribution < 1.29 is 9.47 Å². The average molecular weight is 291 g/mol. The number of methoxy groups -OCH3 is 2. The van der Waals surface area contributed by atoms with E-state index in [-0.39, 0.29) is 0 Å². The molecule has 0 aromatic heterocycles. The molecule has 0 bridgehead atoms. The molecular weight excluding hydrogens is 262 g/mol. The third-order valence-corrected chi connectivity index (χ3v) is 4.48. The summed E-state index contributed by atoms with van der Waals surface area (Å²) < 4.78 is 10.8. The van der Waals surface area contributed by atoms with E-state index in [1.165, 1.54) is 24.8 Å². The highest BCUT2D eigenvalue weighted by molar-refractivity contribution is 5.60. The van der Waals surface area contributed by atoms with Crippen molar-refractivity contribution in [1.82, 2.24) is 0 Å². The highest BCUT2D eigenvalue weighted by atomic mass is 16.5. The zero-order valence-corrected chi connectivity index (χ0v) is 14.2. The van der Waals surface area contributed by atoms with Crippen LogP contribution < -0.4 is 14.8 Å². The zero-order chi connectivity index (χ0) is 15.6. The van der Waals surface area contributed by atoms with E-state index in [1.807, 2.05) is 6.07 Å². The molecule has 0 saturated heterocycles. The predicted molar refractivity (Wildman–Crippen MR) is 88.5 cm³/mol. The van der Waals surface area contributed by atoms with Crippen LogP contribution in [0.4, 0.5) is 5.69 Å². The molecule has 1 aromatic carbocycles. The molecule has 21 heavy (non-hydrogen) atoms. The minimum absolute atomic E-state index is 0.416. The first-order chi connectivity index (χ1) is 9.84. The molecule has 0 aliphatic heterocycles. The van der Waals surface area contributed by atoms with Gasteiger partial charge in [-0.05, 0) is 49.1 Å². The fourth-order valence-electron chi connectivity index (χ4n) is 3.81. The first-order valence-electron chi connectivity index (χ1n) is 7.84. The van der Waals surface area contributed by atoms with Crippen LogP contribution in [0.3, 0.4) is 0 Å². The van der Waals surface area contributed by atoms with Crippen molar-refractivity contribution in [3.05, 3.63) is 17.7 Å². The van der Waals surface area contributed by atoms with Gasteiger partial charge >= 0.3 is 0 Å². The van der Waals surface area contributed by atoms with E-state index in [0.717, 1.165) is 23.1 Å². The molecule has 2 atom stereocenters. The molecule has 3 nitrogen and oxygen atoms in total. The van der Waals surface area contributed by atoms with Crippen LogP contribution in [0.1, 0.15) is 45.6 Å². The summed E-state index contributed by atoms with van der Waals surface area (Å²) in [6.45, 7) is 9.22. The molecule has 0 amide bonds. The SMILES string of the molecule is COc1cc(C)c(NC2CC(C)CC(C)(C)C2)cc1OC. The van der Waals surface area contributed by atoms with Crippen molar-refractivity contribution in [2.75, 3.05) is 19.5 Å². The highest BCUT2D eigenvalue weighted by Gasteiger charge is 2.32. The molecule has 1 saturated carbocycles. The summed E-state index contributed by atoms with van der Waals surface area (Å²) in [4.78, 5) is 0. The normalized spacial score (nSPS) is 24.5. The molecule has 1 aromatic rings. The summed E-state index contributed by atoms with van der Waals surface area (Å²) in [6, 6.07) is 4.62. The van der Waals surface area contributed by atoms with E-state index in [2.05, 4.69) is 39.1 Å². The number of nitrogens with one attached hydrogen (secondary N) is 1. The molecule has 2 rings (SSSR count). The third-order valence-electron chi connectivity index (χ3n) is 4.48. The van der Waals surface area contributed by atoms with Crippen LogP contribution >= 0.6 is 0 Å². The average Bonchev–Trinajstić information content (AvgIpc) is 2.38. The van der Waals surface area contributed by atoms with Crippen LogP contribution in [-0.2, 0) is 0 Å². The van der Waals surface area contributed by atoms with Crippen LogP contribution in [0.25, 0.3) is 0 Å². The summed E-state index contributed by atoms with van der Waals surface area (Å²) in [5.41, 5.74) is 2.77. The maximum absolute atomic E-state index is 5.42. The molecule has 1 N–H and O–H groups in total. The maximum atomic E-state index is 5.42. The van der Waals surface area contributed by atoms with Crippen molar-refractivity contribution in [2.45, 2.75) is 53.0 Å². The second-order valence-corrected chi connectivity index (χ2v) is 7.28. The van der Waals surface area contributed by atoms with Gasteiger partial charge in [0.05, 0.1) is 14.2 Å². The number of anilines is 1. The van der Waals surface area contributed by atoms with Crippen molar-refractivity contribution in [3.63, 3.8) is 0 Å². The van der Waals surface area contributed by atoms with Gasteiger partial charge in [0.1, 0.15) is 0 Å². The Balaban J connectivity index is 2.19. The second-order valence-electron chi connectivity index (χ2n) is 7.28. The van der Waals surface area contributed by atoms with E-state index >= 15 is 0 Å². The Morgan fingerprint density at radius 2 is 1.71 bits per heavy atom. The van der Waals surface area contributed by atoms with Crippen molar-refractivity contribution >= 4 is 5.69 Å². The standard InChI is InChI=1S/C18H29NO2/c1-12-7-14(11-18(3,4)10-12)19-15-9-17(21-6)16(20-5)8-13(15)2/h8-9,12,14,19H,7,10-11H2,1-6H3. The minimum atomic E-state index is 0.416. The van der Waals surface area contributed by atoms with Gasteiger partial charge in [-0.3, -0.25) is 0 Å². The van der Waals surface area contributed by atoms with Crippen molar-refractivity contribution in [3.8, 4) is 11.5 Å². The fourth-order valence-corrected chi connectivity index (χ4v) is 3.81. The first kappa shape index (κ1) is 16.0. The van der Waals surface area contributed by atoms with Gasteiger partial charge in [0.2, 0.25) is 0 Å². The minimum Gasteiger partial charge on any atom is -0.493 e. The Bertz CT molecular complexity index is 496. The summed E-state index contributed by atoms with van der Waals surface area (Å²) >= 11 is 0. The molecule has 118 valence electrons. The van der Waals surface area contributed by atoms with Gasteiger partial charge in [-0.1, -0.05) is 20.8 Å². The third kappa shape index (κ3) is 3.84. The zero-order valence-electron chi connectivity index (χ0n) is 14.2. The Labute approximate surface area is 129 Å². The van der Waals surface area contributed by atoms with E-state index in [0.29, 0.717) is 11.5 Å². The summed E-state index contributed by atoms with van der Waals surface area (Å²) in [5.74, 6) is 2.35. The molecular formula is C18H29NO2. The van der Waals surface area contributed by atoms with Crippen LogP contribution in [0.5, 0.6) is 11.5 Å². The predicted octanol–water partition coefficient (Wildman–Crippen LogP) is 4.64. The van der Waals surface area contributed by atoms with Gasteiger partial charge in [-0.15, -0.1) is 0 Å². The van der Waals surface area contributed by atoms with Gasteiger partial charge in [-0.25, -0.2) is 0 Å². The molecule has 1 aliphatic rings. The lowest BCUT2D eigenvalue weighted by molar-refractivity contribution is 0.178. The monoisotopic (exact) mass is 291 g/mol. The Hall–Kier alpha value is -1.38. The number of hydrogen-bond donors (Lipinski definition) is 1. The number of hydrogen-bond acceptors (Lipinski definition) is 3. The summed E-state index contributed by atoms with van der Waals surface area (Å²) in [6.07, 6.45) is 3.76. The lowest BCUT2D eigenvalue weighted by atomic mass is 9.70. The molecule has 0 heterocycles. The van der Waals surface area contributed by atoms with Gasteiger partial charge in [0.25, 0.3) is 0 Å². The molecule has 0 radical (unpaired) electrons. The molecule has 2 unspecified atom stereocenters. The van der Waals surface area contributed by atoms with Crippen LogP contribution in [0, 0.1) is 18.3 Å². The van der Waals surface area contributed by atoms with Gasteiger partial charge in [0.15, 0.2) is 11.5 Å². The first-order valence-corrected chi connectivity index (χ1v) is 7.84. The molecule has 1 aliphatic carbocycles. The number of ether oxygens (including phenoxy) is 2. The molecule has 3 heteroatoms. The highest BCUT2D eigenvalue weighted by Crippen LogP contribution is 2.40. The Kier molecular flexibility index (Phi) is 4.70.